The molecule has 7 nitrogen and oxygen atoms in total. The molecule has 0 saturated heterocycles. The van der Waals surface area contributed by atoms with Crippen LogP contribution in [0.4, 0.5) is 0 Å². The summed E-state index contributed by atoms with van der Waals surface area (Å²) in [7, 11) is 0. The van der Waals surface area contributed by atoms with Crippen LogP contribution in [0.5, 0.6) is 0 Å². The van der Waals surface area contributed by atoms with Gasteiger partial charge in [-0.2, -0.15) is 0 Å². The van der Waals surface area contributed by atoms with E-state index in [0.29, 0.717) is 12.2 Å². The lowest BCUT2D eigenvalue weighted by Crippen LogP contribution is -2.32. The molecule has 0 aliphatic rings. The molecule has 3 heterocycles. The van der Waals surface area contributed by atoms with Crippen LogP contribution in [0.3, 0.4) is 0 Å². The monoisotopic (exact) mass is 311 g/mol. The van der Waals surface area contributed by atoms with Crippen LogP contribution >= 0.6 is 0 Å². The highest BCUT2D eigenvalue weighted by Crippen LogP contribution is 2.01. The van der Waals surface area contributed by atoms with Gasteiger partial charge in [-0.15, -0.1) is 0 Å². The van der Waals surface area contributed by atoms with Crippen LogP contribution in [-0.4, -0.2) is 31.4 Å². The molecular weight excluding hydrogens is 294 g/mol. The molecule has 0 aliphatic heterocycles. The molecule has 0 bridgehead atoms. The lowest BCUT2D eigenvalue weighted by molar-refractivity contribution is 0.0950. The third-order valence-corrected chi connectivity index (χ3v) is 3.53. The molecule has 1 amide bonds. The Kier molecular flexibility index (Phi) is 4.18. The predicted octanol–water partition coefficient (Wildman–Crippen LogP) is 1.02. The Morgan fingerprint density at radius 2 is 2.22 bits per heavy atom. The van der Waals surface area contributed by atoms with Crippen molar-refractivity contribution in [3.8, 4) is 0 Å². The molecule has 3 aromatic heterocycles. The summed E-state index contributed by atoms with van der Waals surface area (Å²) >= 11 is 0. The molecule has 3 aromatic rings. The summed E-state index contributed by atoms with van der Waals surface area (Å²) in [6.07, 6.45) is 9.07. The number of nitrogens with one attached hydrogen (secondary N) is 1. The molecule has 0 saturated carbocycles. The largest absolute Gasteiger partial charge is 0.352 e. The number of pyridine rings is 1. The molecular formula is C16H17N5O2. The van der Waals surface area contributed by atoms with Crippen LogP contribution in [-0.2, 0) is 6.54 Å². The zero-order valence-electron chi connectivity index (χ0n) is 12.8. The Balaban J connectivity index is 1.68. The van der Waals surface area contributed by atoms with E-state index in [1.165, 1.54) is 10.6 Å². The number of aryl methyl sites for hydroxylation is 2. The van der Waals surface area contributed by atoms with Crippen molar-refractivity contribution < 1.29 is 4.79 Å². The third-order valence-electron chi connectivity index (χ3n) is 3.53. The molecule has 0 unspecified atom stereocenters. The van der Waals surface area contributed by atoms with Gasteiger partial charge >= 0.3 is 0 Å². The Morgan fingerprint density at radius 3 is 3.00 bits per heavy atom. The maximum Gasteiger partial charge on any atom is 0.270 e. The lowest BCUT2D eigenvalue weighted by Gasteiger charge is -2.07. The quantitative estimate of drug-likeness (QED) is 0.713. The highest BCUT2D eigenvalue weighted by molar-refractivity contribution is 5.93. The van der Waals surface area contributed by atoms with Crippen molar-refractivity contribution in [3.63, 3.8) is 0 Å². The highest BCUT2D eigenvalue weighted by Gasteiger charge is 2.12. The van der Waals surface area contributed by atoms with Gasteiger partial charge in [0.1, 0.15) is 11.2 Å². The van der Waals surface area contributed by atoms with Crippen molar-refractivity contribution in [3.05, 3.63) is 64.7 Å². The number of rotatable bonds is 5. The zero-order valence-corrected chi connectivity index (χ0v) is 12.8. The predicted molar refractivity (Wildman–Crippen MR) is 85.4 cm³/mol. The first-order valence-corrected chi connectivity index (χ1v) is 7.37. The number of imidazole rings is 1. The number of amides is 1. The molecule has 0 radical (unpaired) electrons. The van der Waals surface area contributed by atoms with Gasteiger partial charge in [-0.25, -0.2) is 9.97 Å². The molecule has 0 aliphatic carbocycles. The molecule has 0 aromatic carbocycles. The van der Waals surface area contributed by atoms with E-state index in [1.807, 2.05) is 23.8 Å². The van der Waals surface area contributed by atoms with Crippen LogP contribution in [0.1, 0.15) is 22.3 Å². The summed E-state index contributed by atoms with van der Waals surface area (Å²) in [6.45, 7) is 3.12. The summed E-state index contributed by atoms with van der Waals surface area (Å²) in [5.74, 6) is -0.399. The average molecular weight is 311 g/mol. The van der Waals surface area contributed by atoms with Crippen molar-refractivity contribution in [2.24, 2.45) is 0 Å². The minimum absolute atomic E-state index is 0.0516. The molecule has 23 heavy (non-hydrogen) atoms. The molecule has 118 valence electrons. The first-order chi connectivity index (χ1) is 11.1. The van der Waals surface area contributed by atoms with Gasteiger partial charge in [0.15, 0.2) is 0 Å². The standard InChI is InChI=1S/C16H17N5O2/c1-12-3-4-14-19-9-13(16(23)21(14)10-12)15(22)18-5-2-7-20-8-6-17-11-20/h3-4,6,8-11H,2,5,7H2,1H3,(H,18,22). The van der Waals surface area contributed by atoms with E-state index in [1.54, 1.807) is 24.8 Å². The number of carbonyl (C=O) groups excluding carboxylic acids is 1. The number of hydrogen-bond donors (Lipinski definition) is 1. The van der Waals surface area contributed by atoms with Crippen molar-refractivity contribution in [2.75, 3.05) is 6.54 Å². The first kappa shape index (κ1) is 15.0. The van der Waals surface area contributed by atoms with Gasteiger partial charge in [0.05, 0.1) is 6.33 Å². The average Bonchev–Trinajstić information content (AvgIpc) is 3.05. The van der Waals surface area contributed by atoms with Crippen LogP contribution < -0.4 is 10.9 Å². The minimum atomic E-state index is -0.399. The topological polar surface area (TPSA) is 81.3 Å². The minimum Gasteiger partial charge on any atom is -0.352 e. The van der Waals surface area contributed by atoms with Gasteiger partial charge < -0.3 is 9.88 Å². The first-order valence-electron chi connectivity index (χ1n) is 7.37. The summed E-state index contributed by atoms with van der Waals surface area (Å²) in [5, 5.41) is 2.76. The SMILES string of the molecule is Cc1ccc2ncc(C(=O)NCCCn3ccnc3)c(=O)n2c1. The number of hydrogen-bond acceptors (Lipinski definition) is 4. The van der Waals surface area contributed by atoms with Crippen LogP contribution in [0.2, 0.25) is 0 Å². The fourth-order valence-electron chi connectivity index (χ4n) is 2.32. The van der Waals surface area contributed by atoms with Crippen molar-refractivity contribution >= 4 is 11.6 Å². The molecule has 3 rings (SSSR count). The van der Waals surface area contributed by atoms with Crippen molar-refractivity contribution in [1.29, 1.82) is 0 Å². The summed E-state index contributed by atoms with van der Waals surface area (Å²) in [4.78, 5) is 32.7. The lowest BCUT2D eigenvalue weighted by atomic mass is 10.2. The number of nitrogens with zero attached hydrogens (tertiary/aromatic N) is 4. The van der Waals surface area contributed by atoms with E-state index in [4.69, 9.17) is 0 Å². The van der Waals surface area contributed by atoms with Crippen LogP contribution in [0.25, 0.3) is 5.65 Å². The van der Waals surface area contributed by atoms with Crippen molar-refractivity contribution in [1.82, 2.24) is 24.3 Å². The van der Waals surface area contributed by atoms with Gasteiger partial charge in [-0.3, -0.25) is 14.0 Å². The summed E-state index contributed by atoms with van der Waals surface area (Å²) in [5.41, 5.74) is 1.15. The number of aromatic nitrogens is 4. The third kappa shape index (κ3) is 3.28. The second-order valence-electron chi connectivity index (χ2n) is 5.32. The van der Waals surface area contributed by atoms with E-state index in [2.05, 4.69) is 15.3 Å². The van der Waals surface area contributed by atoms with Gasteiger partial charge in [0.25, 0.3) is 11.5 Å². The second kappa shape index (κ2) is 6.43. The molecule has 0 spiro atoms. The summed E-state index contributed by atoms with van der Waals surface area (Å²) < 4.78 is 3.33. The van der Waals surface area contributed by atoms with Crippen LogP contribution in [0.15, 0.2) is 48.0 Å². The maximum atomic E-state index is 12.4. The Hall–Kier alpha value is -2.96. The maximum absolute atomic E-state index is 12.4. The second-order valence-corrected chi connectivity index (χ2v) is 5.32. The molecule has 7 heteroatoms. The molecule has 0 atom stereocenters. The van der Waals surface area contributed by atoms with Gasteiger partial charge in [0.2, 0.25) is 0 Å². The Morgan fingerprint density at radius 1 is 1.35 bits per heavy atom. The van der Waals surface area contributed by atoms with E-state index >= 15 is 0 Å². The zero-order chi connectivity index (χ0) is 16.2. The van der Waals surface area contributed by atoms with Gasteiger partial charge in [-0.1, -0.05) is 6.07 Å². The Bertz CT molecular complexity index is 883. The Labute approximate surface area is 132 Å². The van der Waals surface area contributed by atoms with Gasteiger partial charge in [-0.05, 0) is 25.0 Å². The molecule has 0 fully saturated rings. The van der Waals surface area contributed by atoms with E-state index in [0.717, 1.165) is 18.5 Å². The van der Waals surface area contributed by atoms with E-state index in [9.17, 15) is 9.59 Å². The van der Waals surface area contributed by atoms with Crippen molar-refractivity contribution in [2.45, 2.75) is 19.9 Å². The molecule has 1 N–H and O–H groups in total. The highest BCUT2D eigenvalue weighted by atomic mass is 16.2. The smallest absolute Gasteiger partial charge is 0.270 e. The number of fused-ring (bicyclic) bond motifs is 1. The van der Waals surface area contributed by atoms with Crippen LogP contribution in [0, 0.1) is 6.92 Å². The normalized spacial score (nSPS) is 10.8. The van der Waals surface area contributed by atoms with E-state index < -0.39 is 5.91 Å². The van der Waals surface area contributed by atoms with E-state index in [-0.39, 0.29) is 11.1 Å². The van der Waals surface area contributed by atoms with Gasteiger partial charge in [0, 0.05) is 37.9 Å². The fraction of sp³-hybridized carbons (Fsp3) is 0.250. The number of carbonyl (C=O) groups is 1. The summed E-state index contributed by atoms with van der Waals surface area (Å²) in [6, 6.07) is 3.63. The fourth-order valence-corrected chi connectivity index (χ4v) is 2.32.